The van der Waals surface area contributed by atoms with Crippen LogP contribution in [0.15, 0.2) is 53.9 Å². The van der Waals surface area contributed by atoms with Gasteiger partial charge in [0, 0.05) is 22.5 Å². The summed E-state index contributed by atoms with van der Waals surface area (Å²) in [4.78, 5) is 14.0. The van der Waals surface area contributed by atoms with Gasteiger partial charge in [-0.25, -0.2) is 0 Å². The third-order valence-electron chi connectivity index (χ3n) is 4.21. The van der Waals surface area contributed by atoms with Crippen LogP contribution in [-0.2, 0) is 0 Å². The summed E-state index contributed by atoms with van der Waals surface area (Å²) < 4.78 is 0. The van der Waals surface area contributed by atoms with E-state index in [1.54, 1.807) is 11.3 Å². The molecule has 0 aliphatic heterocycles. The van der Waals surface area contributed by atoms with Crippen molar-refractivity contribution in [3.8, 4) is 11.3 Å². The first-order valence-electron chi connectivity index (χ1n) is 9.23. The molecular formula is C21H24N4OS. The molecule has 2 heterocycles. The zero-order valence-corrected chi connectivity index (χ0v) is 16.4. The number of amides is 1. The van der Waals surface area contributed by atoms with Gasteiger partial charge in [-0.1, -0.05) is 31.5 Å². The molecule has 0 aliphatic rings. The van der Waals surface area contributed by atoms with Gasteiger partial charge in [0.05, 0.1) is 11.7 Å². The molecule has 2 aromatic heterocycles. The molecule has 3 aromatic rings. The van der Waals surface area contributed by atoms with E-state index in [1.165, 1.54) is 4.88 Å². The molecule has 27 heavy (non-hydrogen) atoms. The van der Waals surface area contributed by atoms with Crippen LogP contribution >= 0.6 is 11.3 Å². The van der Waals surface area contributed by atoms with Gasteiger partial charge in [0.1, 0.15) is 5.82 Å². The number of anilines is 1. The second-order valence-electron chi connectivity index (χ2n) is 6.25. The van der Waals surface area contributed by atoms with Gasteiger partial charge in [-0.05, 0) is 49.1 Å². The van der Waals surface area contributed by atoms with Gasteiger partial charge >= 0.3 is 0 Å². The predicted octanol–water partition coefficient (Wildman–Crippen LogP) is 4.91. The molecule has 3 rings (SSSR count). The Hall–Kier alpha value is -2.73. The lowest BCUT2D eigenvalue weighted by Crippen LogP contribution is -2.28. The molecule has 0 spiro atoms. The topological polar surface area (TPSA) is 66.9 Å². The first-order valence-corrected chi connectivity index (χ1v) is 10.1. The summed E-state index contributed by atoms with van der Waals surface area (Å²) in [5, 5.41) is 16.8. The minimum absolute atomic E-state index is 0.0466. The number of carbonyl (C=O) groups is 1. The SMILES string of the molecule is CCC[C@@H](NC(=O)c1cccc(-c2ccc(NCC)nn2)c1)c1cccs1. The fraction of sp³-hybridized carbons (Fsp3) is 0.286. The standard InChI is InChI=1S/C21H24N4OS/c1-3-7-18(19-10-6-13-27-19)23-21(26)16-9-5-8-15(14-16)17-11-12-20(22-4-2)25-24-17/h5-6,8-14,18H,3-4,7H2,1-2H3,(H,22,25)(H,23,26)/t18-/m1/s1. The van der Waals surface area contributed by atoms with Crippen molar-refractivity contribution >= 4 is 23.1 Å². The van der Waals surface area contributed by atoms with Crippen molar-refractivity contribution in [2.24, 2.45) is 0 Å². The first-order chi connectivity index (χ1) is 13.2. The molecule has 1 atom stereocenters. The van der Waals surface area contributed by atoms with Crippen LogP contribution < -0.4 is 10.6 Å². The number of hydrogen-bond donors (Lipinski definition) is 2. The Morgan fingerprint density at radius 2 is 2.00 bits per heavy atom. The van der Waals surface area contributed by atoms with Gasteiger partial charge in [-0.2, -0.15) is 0 Å². The van der Waals surface area contributed by atoms with Crippen molar-refractivity contribution in [2.75, 3.05) is 11.9 Å². The second kappa shape index (κ2) is 9.28. The minimum Gasteiger partial charge on any atom is -0.369 e. The number of carbonyl (C=O) groups excluding carboxylic acids is 1. The highest BCUT2D eigenvalue weighted by Gasteiger charge is 2.16. The highest BCUT2D eigenvalue weighted by atomic mass is 32.1. The number of nitrogens with one attached hydrogen (secondary N) is 2. The van der Waals surface area contributed by atoms with Crippen molar-refractivity contribution in [1.29, 1.82) is 0 Å². The molecule has 0 aliphatic carbocycles. The maximum absolute atomic E-state index is 12.8. The Morgan fingerprint density at radius 1 is 1.11 bits per heavy atom. The van der Waals surface area contributed by atoms with Crippen LogP contribution in [0.5, 0.6) is 0 Å². The summed E-state index contributed by atoms with van der Waals surface area (Å²) in [6.45, 7) is 4.94. The molecule has 0 saturated heterocycles. The van der Waals surface area contributed by atoms with Crippen LogP contribution in [0.3, 0.4) is 0 Å². The quantitative estimate of drug-likeness (QED) is 0.583. The lowest BCUT2D eigenvalue weighted by molar-refractivity contribution is 0.0935. The van der Waals surface area contributed by atoms with Gasteiger partial charge in [0.2, 0.25) is 0 Å². The number of hydrogen-bond acceptors (Lipinski definition) is 5. The molecule has 0 unspecified atom stereocenters. The Labute approximate surface area is 163 Å². The fourth-order valence-electron chi connectivity index (χ4n) is 2.89. The molecule has 140 valence electrons. The number of benzene rings is 1. The van der Waals surface area contributed by atoms with Crippen LogP contribution in [0.4, 0.5) is 5.82 Å². The van der Waals surface area contributed by atoms with Crippen LogP contribution in [0.2, 0.25) is 0 Å². The van der Waals surface area contributed by atoms with Gasteiger partial charge in [-0.3, -0.25) is 4.79 Å². The first kappa shape index (κ1) is 19.0. The third kappa shape index (κ3) is 4.92. The lowest BCUT2D eigenvalue weighted by atomic mass is 10.1. The highest BCUT2D eigenvalue weighted by Crippen LogP contribution is 2.24. The molecule has 0 saturated carbocycles. The number of nitrogens with zero attached hydrogens (tertiary/aromatic N) is 2. The summed E-state index contributed by atoms with van der Waals surface area (Å²) in [7, 11) is 0. The van der Waals surface area contributed by atoms with E-state index >= 15 is 0 Å². The summed E-state index contributed by atoms with van der Waals surface area (Å²) in [6.07, 6.45) is 1.93. The second-order valence-corrected chi connectivity index (χ2v) is 7.22. The summed E-state index contributed by atoms with van der Waals surface area (Å²) in [5.74, 6) is 0.675. The van der Waals surface area contributed by atoms with Crippen LogP contribution in [0, 0.1) is 0 Å². The molecule has 0 fully saturated rings. The monoisotopic (exact) mass is 380 g/mol. The van der Waals surface area contributed by atoms with E-state index in [9.17, 15) is 4.79 Å². The summed E-state index contributed by atoms with van der Waals surface area (Å²) >= 11 is 1.67. The molecule has 0 bridgehead atoms. The van der Waals surface area contributed by atoms with Crippen molar-refractivity contribution in [1.82, 2.24) is 15.5 Å². The predicted molar refractivity (Wildman–Crippen MR) is 111 cm³/mol. The van der Waals surface area contributed by atoms with E-state index in [2.05, 4.69) is 33.8 Å². The van der Waals surface area contributed by atoms with Crippen molar-refractivity contribution in [3.63, 3.8) is 0 Å². The van der Waals surface area contributed by atoms with Gasteiger partial charge in [0.15, 0.2) is 0 Å². The molecule has 2 N–H and O–H groups in total. The fourth-order valence-corrected chi connectivity index (χ4v) is 3.70. The molecular weight excluding hydrogens is 356 g/mol. The van der Waals surface area contributed by atoms with E-state index in [0.29, 0.717) is 5.56 Å². The zero-order chi connectivity index (χ0) is 19.1. The van der Waals surface area contributed by atoms with E-state index in [1.807, 2.05) is 54.8 Å². The summed E-state index contributed by atoms with van der Waals surface area (Å²) in [5.41, 5.74) is 2.25. The maximum Gasteiger partial charge on any atom is 0.251 e. The highest BCUT2D eigenvalue weighted by molar-refractivity contribution is 7.10. The number of aromatic nitrogens is 2. The van der Waals surface area contributed by atoms with Crippen molar-refractivity contribution in [3.05, 3.63) is 64.4 Å². The van der Waals surface area contributed by atoms with Gasteiger partial charge < -0.3 is 10.6 Å². The Morgan fingerprint density at radius 3 is 2.67 bits per heavy atom. The Kier molecular flexibility index (Phi) is 6.54. The average Bonchev–Trinajstić information content (AvgIpc) is 3.23. The lowest BCUT2D eigenvalue weighted by Gasteiger charge is -2.17. The van der Waals surface area contributed by atoms with E-state index in [-0.39, 0.29) is 11.9 Å². The summed E-state index contributed by atoms with van der Waals surface area (Å²) in [6, 6.07) is 15.5. The van der Waals surface area contributed by atoms with Crippen molar-refractivity contribution < 1.29 is 4.79 Å². The van der Waals surface area contributed by atoms with Crippen LogP contribution in [0.25, 0.3) is 11.3 Å². The Bertz CT molecular complexity index is 862. The average molecular weight is 381 g/mol. The smallest absolute Gasteiger partial charge is 0.251 e. The van der Waals surface area contributed by atoms with Crippen LogP contribution in [0.1, 0.15) is 48.0 Å². The largest absolute Gasteiger partial charge is 0.369 e. The van der Waals surface area contributed by atoms with E-state index in [4.69, 9.17) is 0 Å². The zero-order valence-electron chi connectivity index (χ0n) is 15.6. The number of rotatable bonds is 8. The van der Waals surface area contributed by atoms with Crippen LogP contribution in [-0.4, -0.2) is 22.6 Å². The van der Waals surface area contributed by atoms with Crippen molar-refractivity contribution in [2.45, 2.75) is 32.7 Å². The molecule has 1 amide bonds. The minimum atomic E-state index is -0.0686. The third-order valence-corrected chi connectivity index (χ3v) is 5.20. The Balaban J connectivity index is 1.76. The molecule has 6 heteroatoms. The maximum atomic E-state index is 12.8. The molecule has 0 radical (unpaired) electrons. The molecule has 5 nitrogen and oxygen atoms in total. The van der Waals surface area contributed by atoms with Gasteiger partial charge in [0.25, 0.3) is 5.91 Å². The van der Waals surface area contributed by atoms with Gasteiger partial charge in [-0.15, -0.1) is 21.5 Å². The normalized spacial score (nSPS) is 11.8. The van der Waals surface area contributed by atoms with E-state index in [0.717, 1.165) is 36.5 Å². The van der Waals surface area contributed by atoms with E-state index < -0.39 is 0 Å². The number of thiophene rings is 1. The molecule has 1 aromatic carbocycles.